The summed E-state index contributed by atoms with van der Waals surface area (Å²) in [5.41, 5.74) is 0.766. The van der Waals surface area contributed by atoms with E-state index in [1.807, 2.05) is 0 Å². The smallest absolute Gasteiger partial charge is 0.229 e. The molecule has 8 heteroatoms. The van der Waals surface area contributed by atoms with Gasteiger partial charge in [-0.05, 0) is 17.7 Å². The maximum absolute atomic E-state index is 10.00. The van der Waals surface area contributed by atoms with Crippen molar-refractivity contribution in [1.82, 2.24) is 0 Å². The topological polar surface area (TPSA) is 129 Å². The Labute approximate surface area is 139 Å². The van der Waals surface area contributed by atoms with Crippen LogP contribution in [0.1, 0.15) is 5.56 Å². The highest BCUT2D eigenvalue weighted by molar-refractivity contribution is 5.55. The third-order valence-corrected chi connectivity index (χ3v) is 3.69. The van der Waals surface area contributed by atoms with Crippen molar-refractivity contribution in [3.8, 4) is 11.5 Å². The van der Waals surface area contributed by atoms with Gasteiger partial charge in [-0.15, -0.1) is 0 Å². The van der Waals surface area contributed by atoms with Gasteiger partial charge in [-0.2, -0.15) is 0 Å². The fraction of sp³-hybridized carbons (Fsp3) is 0.500. The van der Waals surface area contributed by atoms with Crippen LogP contribution < -0.4 is 9.47 Å². The SMILES string of the molecule is COc1cc(/C=C/CO)ccc1O[C@H]1O[C@@H](CO)[C@H](O)[C@@H](O)[C@@H]1O. The van der Waals surface area contributed by atoms with E-state index in [0.717, 1.165) is 5.56 Å². The fourth-order valence-corrected chi connectivity index (χ4v) is 2.36. The average molecular weight is 342 g/mol. The lowest BCUT2D eigenvalue weighted by Crippen LogP contribution is -2.60. The summed E-state index contributed by atoms with van der Waals surface area (Å²) in [6.45, 7) is -0.627. The summed E-state index contributed by atoms with van der Waals surface area (Å²) >= 11 is 0. The molecular formula is C16H22O8. The molecule has 1 aliphatic heterocycles. The second-order valence-corrected chi connectivity index (χ2v) is 5.31. The molecule has 2 rings (SSSR count). The minimum Gasteiger partial charge on any atom is -0.493 e. The molecule has 8 nitrogen and oxygen atoms in total. The summed E-state index contributed by atoms with van der Waals surface area (Å²) in [6, 6.07) is 4.94. The molecule has 0 unspecified atom stereocenters. The first kappa shape index (κ1) is 18.7. The van der Waals surface area contributed by atoms with Crippen LogP contribution in [0.15, 0.2) is 24.3 Å². The Balaban J connectivity index is 2.18. The highest BCUT2D eigenvalue weighted by atomic mass is 16.7. The molecule has 0 amide bonds. The van der Waals surface area contributed by atoms with E-state index >= 15 is 0 Å². The van der Waals surface area contributed by atoms with Gasteiger partial charge in [-0.3, -0.25) is 0 Å². The summed E-state index contributed by atoms with van der Waals surface area (Å²) in [5.74, 6) is 0.607. The molecule has 5 atom stereocenters. The van der Waals surface area contributed by atoms with Gasteiger partial charge in [0.25, 0.3) is 0 Å². The van der Waals surface area contributed by atoms with Crippen molar-refractivity contribution in [2.24, 2.45) is 0 Å². The van der Waals surface area contributed by atoms with Gasteiger partial charge in [0, 0.05) is 0 Å². The largest absolute Gasteiger partial charge is 0.493 e. The van der Waals surface area contributed by atoms with E-state index in [9.17, 15) is 20.4 Å². The van der Waals surface area contributed by atoms with Crippen molar-refractivity contribution in [3.05, 3.63) is 29.8 Å². The lowest BCUT2D eigenvalue weighted by molar-refractivity contribution is -0.277. The molecule has 1 aromatic rings. The third-order valence-electron chi connectivity index (χ3n) is 3.69. The van der Waals surface area contributed by atoms with Crippen molar-refractivity contribution < 1.29 is 39.7 Å². The summed E-state index contributed by atoms with van der Waals surface area (Å²) in [7, 11) is 1.44. The minimum absolute atomic E-state index is 0.0918. The van der Waals surface area contributed by atoms with E-state index < -0.39 is 37.3 Å². The van der Waals surface area contributed by atoms with Crippen LogP contribution in [-0.4, -0.2) is 76.6 Å². The minimum atomic E-state index is -1.52. The maximum atomic E-state index is 10.00. The van der Waals surface area contributed by atoms with E-state index in [2.05, 4.69) is 0 Å². The van der Waals surface area contributed by atoms with Crippen LogP contribution in [-0.2, 0) is 4.74 Å². The fourth-order valence-electron chi connectivity index (χ4n) is 2.36. The zero-order valence-corrected chi connectivity index (χ0v) is 13.1. The Morgan fingerprint density at radius 2 is 1.83 bits per heavy atom. The molecule has 0 aromatic heterocycles. The van der Waals surface area contributed by atoms with E-state index in [0.29, 0.717) is 5.75 Å². The number of hydrogen-bond donors (Lipinski definition) is 5. The first-order valence-electron chi connectivity index (χ1n) is 7.44. The highest BCUT2D eigenvalue weighted by Gasteiger charge is 2.44. The first-order valence-corrected chi connectivity index (χ1v) is 7.44. The summed E-state index contributed by atoms with van der Waals surface area (Å²) < 4.78 is 16.1. The second-order valence-electron chi connectivity index (χ2n) is 5.31. The summed E-state index contributed by atoms with van der Waals surface area (Å²) in [6.07, 6.45) is -3.54. The van der Waals surface area contributed by atoms with Crippen LogP contribution in [0.4, 0.5) is 0 Å². The number of aliphatic hydroxyl groups excluding tert-OH is 5. The molecule has 1 fully saturated rings. The molecule has 1 heterocycles. The van der Waals surface area contributed by atoms with Gasteiger partial charge >= 0.3 is 0 Å². The molecule has 0 spiro atoms. The van der Waals surface area contributed by atoms with Crippen LogP contribution in [0.25, 0.3) is 6.08 Å². The van der Waals surface area contributed by atoms with Crippen LogP contribution >= 0.6 is 0 Å². The Hall–Kier alpha value is -1.68. The van der Waals surface area contributed by atoms with Crippen molar-refractivity contribution in [1.29, 1.82) is 0 Å². The quantitative estimate of drug-likeness (QED) is 0.440. The van der Waals surface area contributed by atoms with Gasteiger partial charge < -0.3 is 39.7 Å². The van der Waals surface area contributed by atoms with Crippen molar-refractivity contribution >= 4 is 6.08 Å². The number of aliphatic hydroxyl groups is 5. The summed E-state index contributed by atoms with van der Waals surface area (Å²) in [5, 5.41) is 47.5. The van der Waals surface area contributed by atoms with Crippen LogP contribution in [0.2, 0.25) is 0 Å². The van der Waals surface area contributed by atoms with Gasteiger partial charge in [-0.25, -0.2) is 0 Å². The molecule has 1 aliphatic rings. The molecule has 134 valence electrons. The normalized spacial score (nSPS) is 30.5. The van der Waals surface area contributed by atoms with Gasteiger partial charge in [-0.1, -0.05) is 18.2 Å². The molecule has 0 radical (unpaired) electrons. The zero-order chi connectivity index (χ0) is 17.7. The monoisotopic (exact) mass is 342 g/mol. The molecule has 0 saturated carbocycles. The molecule has 5 N–H and O–H groups in total. The van der Waals surface area contributed by atoms with Crippen LogP contribution in [0.5, 0.6) is 11.5 Å². The van der Waals surface area contributed by atoms with Crippen LogP contribution in [0, 0.1) is 0 Å². The van der Waals surface area contributed by atoms with E-state index in [-0.39, 0.29) is 12.4 Å². The number of rotatable bonds is 6. The number of hydrogen-bond acceptors (Lipinski definition) is 8. The Kier molecular flexibility index (Phi) is 6.55. The first-order chi connectivity index (χ1) is 11.5. The molecule has 0 bridgehead atoms. The van der Waals surface area contributed by atoms with Gasteiger partial charge in [0.15, 0.2) is 11.5 Å². The Bertz CT molecular complexity index is 559. The predicted octanol–water partition coefficient (Wildman–Crippen LogP) is -1.12. The maximum Gasteiger partial charge on any atom is 0.229 e. The van der Waals surface area contributed by atoms with Gasteiger partial charge in [0.1, 0.15) is 24.4 Å². The van der Waals surface area contributed by atoms with E-state index in [4.69, 9.17) is 19.3 Å². The van der Waals surface area contributed by atoms with Gasteiger partial charge in [0.2, 0.25) is 6.29 Å². The Morgan fingerprint density at radius 3 is 2.46 bits per heavy atom. The number of benzene rings is 1. The summed E-state index contributed by atoms with van der Waals surface area (Å²) in [4.78, 5) is 0. The molecule has 1 aromatic carbocycles. The van der Waals surface area contributed by atoms with Crippen molar-refractivity contribution in [2.75, 3.05) is 20.3 Å². The van der Waals surface area contributed by atoms with E-state index in [1.165, 1.54) is 7.11 Å². The molecular weight excluding hydrogens is 320 g/mol. The molecule has 24 heavy (non-hydrogen) atoms. The average Bonchev–Trinajstić information content (AvgIpc) is 2.61. The Morgan fingerprint density at radius 1 is 1.08 bits per heavy atom. The molecule has 0 aliphatic carbocycles. The molecule has 1 saturated heterocycles. The third kappa shape index (κ3) is 4.04. The second kappa shape index (κ2) is 8.43. The lowest BCUT2D eigenvalue weighted by Gasteiger charge is -2.39. The van der Waals surface area contributed by atoms with E-state index in [1.54, 1.807) is 30.4 Å². The predicted molar refractivity (Wildman–Crippen MR) is 83.5 cm³/mol. The standard InChI is InChI=1S/C16H22O8/c1-22-11-7-9(3-2-6-17)4-5-10(11)23-16-15(21)14(20)13(19)12(8-18)24-16/h2-5,7,12-21H,6,8H2,1H3/b3-2+/t12-,13-,14+,15-,16-/m0/s1. The number of methoxy groups -OCH3 is 1. The van der Waals surface area contributed by atoms with Crippen LogP contribution in [0.3, 0.4) is 0 Å². The van der Waals surface area contributed by atoms with Crippen molar-refractivity contribution in [3.63, 3.8) is 0 Å². The number of ether oxygens (including phenoxy) is 3. The van der Waals surface area contributed by atoms with Crippen molar-refractivity contribution in [2.45, 2.75) is 30.7 Å². The lowest BCUT2D eigenvalue weighted by atomic mass is 9.99. The van der Waals surface area contributed by atoms with Gasteiger partial charge in [0.05, 0.1) is 20.3 Å². The zero-order valence-electron chi connectivity index (χ0n) is 13.1. The highest BCUT2D eigenvalue weighted by Crippen LogP contribution is 2.32.